The SMILES string of the molecule is CCCNC(=O)CCOCC(COCCC(=O)NCC(C)C)(COCCC(=O)NCC(C)(C)C)NC(=O)CCCC(=O)NCC(C)CC(C)COC1CCC(C(C)C)C1. The van der Waals surface area contributed by atoms with E-state index in [-0.39, 0.29) is 113 Å². The summed E-state index contributed by atoms with van der Waals surface area (Å²) in [7, 11) is 0. The molecular weight excluding hydrogens is 755 g/mol. The lowest BCUT2D eigenvalue weighted by Crippen LogP contribution is -2.58. The molecule has 0 radical (unpaired) electrons. The lowest BCUT2D eigenvalue weighted by molar-refractivity contribution is -0.131. The van der Waals surface area contributed by atoms with E-state index in [1.54, 1.807) is 0 Å². The van der Waals surface area contributed by atoms with Gasteiger partial charge in [0, 0.05) is 64.9 Å². The van der Waals surface area contributed by atoms with Crippen molar-refractivity contribution in [2.24, 2.45) is 35.0 Å². The Labute approximate surface area is 357 Å². The van der Waals surface area contributed by atoms with Crippen LogP contribution in [0.2, 0.25) is 0 Å². The Kier molecular flexibility index (Phi) is 27.8. The van der Waals surface area contributed by atoms with Crippen LogP contribution in [0.4, 0.5) is 0 Å². The van der Waals surface area contributed by atoms with Crippen molar-refractivity contribution in [2.75, 3.05) is 72.4 Å². The first-order chi connectivity index (χ1) is 27.8. The summed E-state index contributed by atoms with van der Waals surface area (Å²) in [6.45, 7) is 24.1. The minimum atomic E-state index is -1.20. The van der Waals surface area contributed by atoms with E-state index < -0.39 is 5.54 Å². The summed E-state index contributed by atoms with van der Waals surface area (Å²) in [5.74, 6) is 1.59. The number of ether oxygens (including phenoxy) is 4. The van der Waals surface area contributed by atoms with E-state index in [0.29, 0.717) is 56.5 Å². The molecule has 14 heteroatoms. The fourth-order valence-corrected chi connectivity index (χ4v) is 6.75. The molecule has 5 unspecified atom stereocenters. The van der Waals surface area contributed by atoms with E-state index in [9.17, 15) is 24.0 Å². The predicted molar refractivity (Wildman–Crippen MR) is 233 cm³/mol. The van der Waals surface area contributed by atoms with Crippen LogP contribution in [0.3, 0.4) is 0 Å². The number of carbonyl (C=O) groups is 5. The number of carbonyl (C=O) groups excluding carboxylic acids is 5. The molecule has 0 aromatic rings. The molecule has 14 nitrogen and oxygen atoms in total. The van der Waals surface area contributed by atoms with Gasteiger partial charge in [-0.3, -0.25) is 24.0 Å². The first kappa shape index (κ1) is 54.2. The van der Waals surface area contributed by atoms with Crippen LogP contribution in [-0.2, 0) is 42.9 Å². The largest absolute Gasteiger partial charge is 0.378 e. The highest BCUT2D eigenvalue weighted by atomic mass is 16.5. The maximum Gasteiger partial charge on any atom is 0.222 e. The first-order valence-corrected chi connectivity index (χ1v) is 22.6. The minimum Gasteiger partial charge on any atom is -0.378 e. The van der Waals surface area contributed by atoms with Gasteiger partial charge in [0.05, 0.1) is 45.7 Å². The Morgan fingerprint density at radius 2 is 1.17 bits per heavy atom. The Morgan fingerprint density at radius 1 is 0.644 bits per heavy atom. The zero-order valence-electron chi connectivity index (χ0n) is 38.7. The zero-order chi connectivity index (χ0) is 44.3. The van der Waals surface area contributed by atoms with E-state index in [0.717, 1.165) is 38.2 Å². The first-order valence-electron chi connectivity index (χ1n) is 22.6. The second-order valence-electron chi connectivity index (χ2n) is 19.0. The molecule has 5 atom stereocenters. The van der Waals surface area contributed by atoms with Gasteiger partial charge in [-0.2, -0.15) is 0 Å². The fourth-order valence-electron chi connectivity index (χ4n) is 6.75. The molecule has 0 aromatic heterocycles. The van der Waals surface area contributed by atoms with E-state index in [2.05, 4.69) is 54.3 Å². The van der Waals surface area contributed by atoms with Crippen LogP contribution in [0, 0.1) is 35.0 Å². The van der Waals surface area contributed by atoms with Crippen molar-refractivity contribution in [3.63, 3.8) is 0 Å². The average Bonchev–Trinajstić information content (AvgIpc) is 3.65. The molecule has 0 bridgehead atoms. The maximum atomic E-state index is 13.5. The lowest BCUT2D eigenvalue weighted by Gasteiger charge is -2.34. The van der Waals surface area contributed by atoms with Crippen LogP contribution >= 0.6 is 0 Å². The van der Waals surface area contributed by atoms with Crippen molar-refractivity contribution in [1.29, 1.82) is 0 Å². The van der Waals surface area contributed by atoms with Gasteiger partial charge in [-0.1, -0.05) is 69.2 Å². The van der Waals surface area contributed by atoms with Crippen LogP contribution in [-0.4, -0.2) is 114 Å². The van der Waals surface area contributed by atoms with Crippen molar-refractivity contribution in [3.05, 3.63) is 0 Å². The van der Waals surface area contributed by atoms with Crippen LogP contribution in [0.15, 0.2) is 0 Å². The van der Waals surface area contributed by atoms with Gasteiger partial charge in [0.25, 0.3) is 0 Å². The molecular formula is C45H85N5O9. The topological polar surface area (TPSA) is 182 Å². The Hall–Kier alpha value is -2.81. The molecule has 0 heterocycles. The molecule has 5 amide bonds. The summed E-state index contributed by atoms with van der Waals surface area (Å²) in [6.07, 6.45) is 6.65. The van der Waals surface area contributed by atoms with Gasteiger partial charge < -0.3 is 45.5 Å². The van der Waals surface area contributed by atoms with Crippen LogP contribution in [0.5, 0.6) is 0 Å². The summed E-state index contributed by atoms with van der Waals surface area (Å²) < 4.78 is 24.2. The van der Waals surface area contributed by atoms with Gasteiger partial charge >= 0.3 is 0 Å². The molecule has 0 spiro atoms. The fraction of sp³-hybridized carbons (Fsp3) is 0.889. The second kappa shape index (κ2) is 30.3. The molecule has 5 N–H and O–H groups in total. The maximum absolute atomic E-state index is 13.5. The summed E-state index contributed by atoms with van der Waals surface area (Å²) >= 11 is 0. The van der Waals surface area contributed by atoms with Gasteiger partial charge in [0.2, 0.25) is 29.5 Å². The van der Waals surface area contributed by atoms with E-state index >= 15 is 0 Å². The normalized spacial score (nSPS) is 17.6. The molecule has 0 aromatic carbocycles. The highest BCUT2D eigenvalue weighted by molar-refractivity contribution is 5.79. The third-order valence-electron chi connectivity index (χ3n) is 10.3. The average molecular weight is 840 g/mol. The third-order valence-corrected chi connectivity index (χ3v) is 10.3. The standard InChI is InChI=1S/C45H85N5O9/c1-11-20-46-40(52)17-21-56-30-45(31-57-22-18-41(53)47-26-33(2)3,32-58-23-19-42(54)49-29-44(8,9)10)50-43(55)14-12-13-39(51)48-27-35(6)24-36(7)28-59-38-16-15-37(25-38)34(4)5/h33-38H,11-32H2,1-10H3,(H,46,52)(H,47,53)(H,48,51)(H,49,54)(H,50,55). The van der Waals surface area contributed by atoms with Crippen molar-refractivity contribution in [2.45, 2.75) is 152 Å². The van der Waals surface area contributed by atoms with Crippen LogP contribution < -0.4 is 26.6 Å². The Bertz CT molecular complexity index is 1210. The summed E-state index contributed by atoms with van der Waals surface area (Å²) in [4.78, 5) is 63.4. The summed E-state index contributed by atoms with van der Waals surface area (Å²) in [5, 5.41) is 14.7. The molecule has 59 heavy (non-hydrogen) atoms. The van der Waals surface area contributed by atoms with Crippen molar-refractivity contribution < 1.29 is 42.9 Å². The molecule has 0 saturated heterocycles. The zero-order valence-corrected chi connectivity index (χ0v) is 38.7. The molecule has 1 aliphatic carbocycles. The van der Waals surface area contributed by atoms with Crippen molar-refractivity contribution in [1.82, 2.24) is 26.6 Å². The molecule has 1 aliphatic rings. The monoisotopic (exact) mass is 840 g/mol. The summed E-state index contributed by atoms with van der Waals surface area (Å²) in [5.41, 5.74) is -1.26. The van der Waals surface area contributed by atoms with Gasteiger partial charge in [0.1, 0.15) is 5.54 Å². The van der Waals surface area contributed by atoms with Gasteiger partial charge in [-0.15, -0.1) is 0 Å². The smallest absolute Gasteiger partial charge is 0.222 e. The van der Waals surface area contributed by atoms with Crippen LogP contribution in [0.25, 0.3) is 0 Å². The number of amides is 5. The third kappa shape index (κ3) is 28.4. The van der Waals surface area contributed by atoms with E-state index in [1.807, 2.05) is 41.5 Å². The molecule has 344 valence electrons. The number of hydrogen-bond donors (Lipinski definition) is 5. The minimum absolute atomic E-state index is 0.0451. The highest BCUT2D eigenvalue weighted by Crippen LogP contribution is 2.33. The highest BCUT2D eigenvalue weighted by Gasteiger charge is 2.34. The van der Waals surface area contributed by atoms with Crippen molar-refractivity contribution >= 4 is 29.5 Å². The molecule has 1 saturated carbocycles. The molecule has 0 aliphatic heterocycles. The molecule has 1 rings (SSSR count). The number of rotatable bonds is 33. The van der Waals surface area contributed by atoms with Gasteiger partial charge in [0.15, 0.2) is 0 Å². The quantitative estimate of drug-likeness (QED) is 0.0547. The Balaban J connectivity index is 2.81. The Morgan fingerprint density at radius 3 is 1.69 bits per heavy atom. The van der Waals surface area contributed by atoms with Gasteiger partial charge in [-0.05, 0) is 73.5 Å². The van der Waals surface area contributed by atoms with Crippen molar-refractivity contribution in [3.8, 4) is 0 Å². The lowest BCUT2D eigenvalue weighted by atomic mass is 9.94. The van der Waals surface area contributed by atoms with E-state index in [1.165, 1.54) is 6.42 Å². The second-order valence-corrected chi connectivity index (χ2v) is 19.0. The number of nitrogens with one attached hydrogen (secondary N) is 5. The van der Waals surface area contributed by atoms with Crippen LogP contribution in [0.1, 0.15) is 140 Å². The predicted octanol–water partition coefficient (Wildman–Crippen LogP) is 5.31. The van der Waals surface area contributed by atoms with Gasteiger partial charge in [-0.25, -0.2) is 0 Å². The number of hydrogen-bond acceptors (Lipinski definition) is 9. The van der Waals surface area contributed by atoms with E-state index in [4.69, 9.17) is 18.9 Å². The summed E-state index contributed by atoms with van der Waals surface area (Å²) in [6, 6.07) is 0. The molecule has 1 fully saturated rings.